The fourth-order valence-corrected chi connectivity index (χ4v) is 3.31. The highest BCUT2D eigenvalue weighted by Gasteiger charge is 2.11. The van der Waals surface area contributed by atoms with Crippen LogP contribution in [0.25, 0.3) is 0 Å². The Labute approximate surface area is 124 Å². The Hall–Kier alpha value is -0.980. The fourth-order valence-electron chi connectivity index (χ4n) is 1.65. The molecule has 2 rings (SSSR count). The van der Waals surface area contributed by atoms with Crippen LogP contribution in [0.15, 0.2) is 34.2 Å². The van der Waals surface area contributed by atoms with Crippen molar-refractivity contribution in [3.63, 3.8) is 0 Å². The molecular formula is C12H12BrN3S2. The maximum Gasteiger partial charge on any atom is 0.124 e. The number of thiocarbonyl (C=S) groups is 1. The molecule has 0 aliphatic rings. The van der Waals surface area contributed by atoms with Crippen LogP contribution in [0, 0.1) is 0 Å². The van der Waals surface area contributed by atoms with Crippen LogP contribution in [0.4, 0.5) is 5.69 Å². The predicted molar refractivity (Wildman–Crippen MR) is 84.3 cm³/mol. The van der Waals surface area contributed by atoms with E-state index in [1.165, 1.54) is 4.88 Å². The van der Waals surface area contributed by atoms with Crippen LogP contribution in [0.5, 0.6) is 0 Å². The summed E-state index contributed by atoms with van der Waals surface area (Å²) in [7, 11) is 2.01. The number of anilines is 1. The molecule has 2 aromatic rings. The van der Waals surface area contributed by atoms with Crippen LogP contribution in [0.3, 0.4) is 0 Å². The average molecular weight is 342 g/mol. The van der Waals surface area contributed by atoms with Crippen LogP contribution in [-0.4, -0.2) is 17.0 Å². The highest BCUT2D eigenvalue weighted by Crippen LogP contribution is 2.24. The van der Waals surface area contributed by atoms with Crippen molar-refractivity contribution in [1.29, 1.82) is 0 Å². The molecule has 2 heterocycles. The highest BCUT2D eigenvalue weighted by molar-refractivity contribution is 9.10. The number of thiophene rings is 1. The van der Waals surface area contributed by atoms with E-state index in [4.69, 9.17) is 18.0 Å². The van der Waals surface area contributed by atoms with Crippen molar-refractivity contribution in [2.24, 2.45) is 5.73 Å². The molecule has 0 aliphatic heterocycles. The minimum absolute atomic E-state index is 0.324. The van der Waals surface area contributed by atoms with Crippen LogP contribution < -0.4 is 10.6 Å². The lowest BCUT2D eigenvalue weighted by Crippen LogP contribution is -2.22. The third-order valence-corrected chi connectivity index (χ3v) is 4.32. The number of nitrogens with two attached hydrogens (primary N) is 1. The molecule has 0 unspecified atom stereocenters. The Morgan fingerprint density at radius 3 is 3.00 bits per heavy atom. The molecule has 0 aliphatic carbocycles. The van der Waals surface area contributed by atoms with Crippen molar-refractivity contribution >= 4 is 50.2 Å². The van der Waals surface area contributed by atoms with Gasteiger partial charge in [-0.25, -0.2) is 0 Å². The van der Waals surface area contributed by atoms with Gasteiger partial charge in [-0.15, -0.1) is 11.3 Å². The zero-order chi connectivity index (χ0) is 13.1. The standard InChI is InChI=1S/C12H12BrN3S2/c1-16(6-9-5-8(13)7-18-9)10-3-2-4-15-11(10)12(14)17/h2-5,7H,6H2,1H3,(H2,14,17). The van der Waals surface area contributed by atoms with Gasteiger partial charge in [-0.1, -0.05) is 12.2 Å². The summed E-state index contributed by atoms with van der Waals surface area (Å²) in [6.07, 6.45) is 1.70. The Bertz CT molecular complexity index is 568. The number of aromatic nitrogens is 1. The quantitative estimate of drug-likeness (QED) is 0.867. The molecule has 0 spiro atoms. The number of nitrogens with zero attached hydrogens (tertiary/aromatic N) is 2. The van der Waals surface area contributed by atoms with E-state index in [1.54, 1.807) is 17.5 Å². The second-order valence-electron chi connectivity index (χ2n) is 3.82. The second kappa shape index (κ2) is 5.77. The van der Waals surface area contributed by atoms with Gasteiger partial charge in [-0.05, 0) is 34.1 Å². The number of hydrogen-bond acceptors (Lipinski definition) is 4. The number of hydrogen-bond donors (Lipinski definition) is 1. The molecule has 94 valence electrons. The Morgan fingerprint density at radius 2 is 2.39 bits per heavy atom. The van der Waals surface area contributed by atoms with Crippen LogP contribution in [0.1, 0.15) is 10.6 Å². The summed E-state index contributed by atoms with van der Waals surface area (Å²) in [5.74, 6) is 0. The maximum absolute atomic E-state index is 5.69. The Kier molecular flexibility index (Phi) is 4.31. The normalized spacial score (nSPS) is 10.3. The summed E-state index contributed by atoms with van der Waals surface area (Å²) in [6.45, 7) is 0.803. The van der Waals surface area contributed by atoms with Crippen molar-refractivity contribution in [3.05, 3.63) is 44.8 Å². The van der Waals surface area contributed by atoms with Crippen molar-refractivity contribution < 1.29 is 0 Å². The van der Waals surface area contributed by atoms with Crippen molar-refractivity contribution in [2.75, 3.05) is 11.9 Å². The van der Waals surface area contributed by atoms with Gasteiger partial charge in [0, 0.05) is 28.0 Å². The van der Waals surface area contributed by atoms with Gasteiger partial charge in [-0.2, -0.15) is 0 Å². The van der Waals surface area contributed by atoms with E-state index in [0.29, 0.717) is 10.7 Å². The van der Waals surface area contributed by atoms with Gasteiger partial charge in [-0.3, -0.25) is 4.98 Å². The maximum atomic E-state index is 5.69. The molecule has 0 saturated carbocycles. The van der Waals surface area contributed by atoms with Gasteiger partial charge < -0.3 is 10.6 Å². The smallest absolute Gasteiger partial charge is 0.124 e. The summed E-state index contributed by atoms with van der Waals surface area (Å²) >= 11 is 10.2. The van der Waals surface area contributed by atoms with Crippen LogP contribution >= 0.6 is 39.5 Å². The van der Waals surface area contributed by atoms with E-state index in [-0.39, 0.29) is 0 Å². The summed E-state index contributed by atoms with van der Waals surface area (Å²) in [5, 5.41) is 2.07. The van der Waals surface area contributed by atoms with Gasteiger partial charge in [0.25, 0.3) is 0 Å². The van der Waals surface area contributed by atoms with Gasteiger partial charge in [0.15, 0.2) is 0 Å². The van der Waals surface area contributed by atoms with E-state index < -0.39 is 0 Å². The van der Waals surface area contributed by atoms with Gasteiger partial charge >= 0.3 is 0 Å². The number of pyridine rings is 1. The zero-order valence-corrected chi connectivity index (χ0v) is 13.0. The third-order valence-electron chi connectivity index (χ3n) is 2.45. The SMILES string of the molecule is CN(Cc1cc(Br)cs1)c1cccnc1C(N)=S. The van der Waals surface area contributed by atoms with Crippen LogP contribution in [-0.2, 0) is 6.54 Å². The van der Waals surface area contributed by atoms with Crippen molar-refractivity contribution in [2.45, 2.75) is 6.54 Å². The largest absolute Gasteiger partial charge is 0.388 e. The highest BCUT2D eigenvalue weighted by atomic mass is 79.9. The molecule has 6 heteroatoms. The molecular weight excluding hydrogens is 330 g/mol. The van der Waals surface area contributed by atoms with E-state index in [1.807, 2.05) is 19.2 Å². The molecule has 3 nitrogen and oxygen atoms in total. The third kappa shape index (κ3) is 3.07. The predicted octanol–water partition coefficient (Wildman–Crippen LogP) is 3.18. The van der Waals surface area contributed by atoms with E-state index in [2.05, 4.69) is 37.3 Å². The van der Waals surface area contributed by atoms with Crippen molar-refractivity contribution in [1.82, 2.24) is 4.98 Å². The van der Waals surface area contributed by atoms with Crippen molar-refractivity contribution in [3.8, 4) is 0 Å². The second-order valence-corrected chi connectivity index (χ2v) is 6.17. The minimum atomic E-state index is 0.324. The van der Waals surface area contributed by atoms with E-state index in [0.717, 1.165) is 16.7 Å². The summed E-state index contributed by atoms with van der Waals surface area (Å²) in [6, 6.07) is 5.97. The number of rotatable bonds is 4. The zero-order valence-electron chi connectivity index (χ0n) is 9.76. The topological polar surface area (TPSA) is 42.2 Å². The molecule has 0 atom stereocenters. The number of halogens is 1. The molecule has 2 aromatic heterocycles. The Morgan fingerprint density at radius 1 is 1.61 bits per heavy atom. The van der Waals surface area contributed by atoms with Crippen LogP contribution in [0.2, 0.25) is 0 Å². The monoisotopic (exact) mass is 341 g/mol. The first-order chi connectivity index (χ1) is 8.58. The Balaban J connectivity index is 2.23. The molecule has 2 N–H and O–H groups in total. The summed E-state index contributed by atoms with van der Waals surface area (Å²) in [5.41, 5.74) is 7.31. The first-order valence-corrected chi connectivity index (χ1v) is 7.35. The minimum Gasteiger partial charge on any atom is -0.388 e. The molecule has 18 heavy (non-hydrogen) atoms. The molecule has 0 aromatic carbocycles. The molecule has 0 saturated heterocycles. The van der Waals surface area contributed by atoms with E-state index >= 15 is 0 Å². The molecule has 0 fully saturated rings. The van der Waals surface area contributed by atoms with Gasteiger partial charge in [0.05, 0.1) is 12.2 Å². The summed E-state index contributed by atoms with van der Waals surface area (Å²) in [4.78, 5) is 7.92. The average Bonchev–Trinajstić information content (AvgIpc) is 2.74. The molecule has 0 radical (unpaired) electrons. The summed E-state index contributed by atoms with van der Waals surface area (Å²) < 4.78 is 1.11. The lowest BCUT2D eigenvalue weighted by molar-refractivity contribution is 0.931. The van der Waals surface area contributed by atoms with Gasteiger partial charge in [0.2, 0.25) is 0 Å². The molecule has 0 bridgehead atoms. The van der Waals surface area contributed by atoms with E-state index in [9.17, 15) is 0 Å². The first kappa shape index (κ1) is 13.5. The lowest BCUT2D eigenvalue weighted by Gasteiger charge is -2.20. The first-order valence-electron chi connectivity index (χ1n) is 5.27. The lowest BCUT2D eigenvalue weighted by atomic mass is 10.2. The molecule has 0 amide bonds. The fraction of sp³-hybridized carbons (Fsp3) is 0.167. The van der Waals surface area contributed by atoms with Gasteiger partial charge in [0.1, 0.15) is 10.7 Å².